The number of carbonyl (C=O) groups is 2. The molecule has 0 fully saturated rings. The van der Waals surface area contributed by atoms with E-state index in [-0.39, 0.29) is 18.1 Å². The highest BCUT2D eigenvalue weighted by atomic mass is 16.4. The minimum atomic E-state index is -1.61. The number of ketones is 2. The Morgan fingerprint density at radius 2 is 1.13 bits per heavy atom. The number of aliphatic hydroxyl groups is 3. The minimum Gasteiger partial charge on any atom is -0.394 e. The molecule has 0 spiro atoms. The van der Waals surface area contributed by atoms with Crippen molar-refractivity contribution in [3.05, 3.63) is 0 Å². The first kappa shape index (κ1) is 29.2. The van der Waals surface area contributed by atoms with Crippen molar-refractivity contribution in [1.29, 1.82) is 0 Å². The minimum absolute atomic E-state index is 0.0407. The van der Waals surface area contributed by atoms with Crippen LogP contribution in [0.5, 0.6) is 0 Å². The summed E-state index contributed by atoms with van der Waals surface area (Å²) in [6.45, 7) is 3.66. The number of unbranched alkanes of at least 4 members (excludes halogenated alkanes) is 12. The van der Waals surface area contributed by atoms with E-state index in [1.807, 2.05) is 0 Å². The van der Waals surface area contributed by atoms with E-state index < -0.39 is 24.6 Å². The van der Waals surface area contributed by atoms with Crippen molar-refractivity contribution in [3.63, 3.8) is 0 Å². The lowest BCUT2D eigenvalue weighted by Crippen LogP contribution is -2.38. The van der Waals surface area contributed by atoms with E-state index in [4.69, 9.17) is 5.11 Å². The van der Waals surface area contributed by atoms with Crippen molar-refractivity contribution in [2.75, 3.05) is 6.61 Å². The molecule has 0 amide bonds. The third-order valence-corrected chi connectivity index (χ3v) is 5.97. The van der Waals surface area contributed by atoms with E-state index in [9.17, 15) is 19.8 Å². The van der Waals surface area contributed by atoms with Crippen LogP contribution >= 0.6 is 0 Å². The smallest absolute Gasteiger partial charge is 0.164 e. The van der Waals surface area contributed by atoms with Gasteiger partial charge in [0.15, 0.2) is 5.78 Å². The number of rotatable bonds is 22. The fourth-order valence-electron chi connectivity index (χ4n) is 3.86. The van der Waals surface area contributed by atoms with E-state index in [2.05, 4.69) is 13.8 Å². The molecule has 0 aromatic carbocycles. The number of carbonyl (C=O) groups excluding carboxylic acids is 2. The summed E-state index contributed by atoms with van der Waals surface area (Å²) in [7, 11) is 0. The zero-order valence-corrected chi connectivity index (χ0v) is 19.6. The van der Waals surface area contributed by atoms with Crippen LogP contribution in [-0.2, 0) is 9.59 Å². The van der Waals surface area contributed by atoms with E-state index >= 15 is 0 Å². The van der Waals surface area contributed by atoms with Gasteiger partial charge in [-0.3, -0.25) is 9.59 Å². The molecular formula is C25H48O5. The van der Waals surface area contributed by atoms with Crippen LogP contribution in [0.15, 0.2) is 0 Å². The fourth-order valence-corrected chi connectivity index (χ4v) is 3.86. The van der Waals surface area contributed by atoms with E-state index in [1.54, 1.807) is 0 Å². The largest absolute Gasteiger partial charge is 0.394 e. The molecule has 3 unspecified atom stereocenters. The molecule has 0 aliphatic carbocycles. The third kappa shape index (κ3) is 15.1. The molecule has 0 aromatic rings. The molecule has 0 aromatic heterocycles. The first-order valence-corrected chi connectivity index (χ1v) is 12.5. The predicted octanol–water partition coefficient (Wildman–Crippen LogP) is 5.13. The quantitative estimate of drug-likeness (QED) is 0.208. The van der Waals surface area contributed by atoms with Crippen molar-refractivity contribution >= 4 is 11.6 Å². The zero-order chi connectivity index (χ0) is 22.6. The molecule has 0 rings (SSSR count). The van der Waals surface area contributed by atoms with Gasteiger partial charge in [0.2, 0.25) is 0 Å². The van der Waals surface area contributed by atoms with Gasteiger partial charge in [0.25, 0.3) is 0 Å². The Kier molecular flexibility index (Phi) is 19.6. The summed E-state index contributed by atoms with van der Waals surface area (Å²) in [5.41, 5.74) is 0. The molecule has 0 radical (unpaired) electrons. The molecule has 3 N–H and O–H groups in total. The number of hydrogen-bond acceptors (Lipinski definition) is 5. The maximum atomic E-state index is 12.6. The molecule has 3 atom stereocenters. The molecule has 30 heavy (non-hydrogen) atoms. The second-order valence-corrected chi connectivity index (χ2v) is 8.81. The van der Waals surface area contributed by atoms with Crippen molar-refractivity contribution in [2.24, 2.45) is 5.92 Å². The van der Waals surface area contributed by atoms with Crippen molar-refractivity contribution < 1.29 is 24.9 Å². The molecular weight excluding hydrogens is 380 g/mol. The highest BCUT2D eigenvalue weighted by Gasteiger charge is 2.28. The molecule has 5 heteroatoms. The summed E-state index contributed by atoms with van der Waals surface area (Å²) in [5, 5.41) is 28.2. The predicted molar refractivity (Wildman–Crippen MR) is 122 cm³/mol. The Balaban J connectivity index is 4.22. The van der Waals surface area contributed by atoms with Gasteiger partial charge in [0.05, 0.1) is 6.61 Å². The van der Waals surface area contributed by atoms with Crippen molar-refractivity contribution in [1.82, 2.24) is 0 Å². The first-order chi connectivity index (χ1) is 14.5. The van der Waals surface area contributed by atoms with Gasteiger partial charge in [0.1, 0.15) is 18.0 Å². The molecule has 0 saturated heterocycles. The SMILES string of the molecule is CCCCCCCCCCCCCC(CC(=O)C(O)C(O)CO)C(=O)CCCCC. The molecule has 178 valence electrons. The van der Waals surface area contributed by atoms with Gasteiger partial charge in [-0.05, 0) is 12.8 Å². The van der Waals surface area contributed by atoms with Crippen LogP contribution in [0.1, 0.15) is 123 Å². The van der Waals surface area contributed by atoms with Crippen molar-refractivity contribution in [2.45, 2.75) is 135 Å². The third-order valence-electron chi connectivity index (χ3n) is 5.97. The zero-order valence-electron chi connectivity index (χ0n) is 19.6. The van der Waals surface area contributed by atoms with Crippen molar-refractivity contribution in [3.8, 4) is 0 Å². The maximum absolute atomic E-state index is 12.6. The van der Waals surface area contributed by atoms with Gasteiger partial charge < -0.3 is 15.3 Å². The van der Waals surface area contributed by atoms with Gasteiger partial charge in [-0.25, -0.2) is 0 Å². The summed E-state index contributed by atoms with van der Waals surface area (Å²) < 4.78 is 0. The summed E-state index contributed by atoms with van der Waals surface area (Å²) >= 11 is 0. The van der Waals surface area contributed by atoms with Crippen LogP contribution in [0, 0.1) is 5.92 Å². The average Bonchev–Trinajstić information content (AvgIpc) is 2.75. The van der Waals surface area contributed by atoms with Crippen LogP contribution in [0.25, 0.3) is 0 Å². The Labute approximate surface area is 184 Å². The second-order valence-electron chi connectivity index (χ2n) is 8.81. The normalized spacial score (nSPS) is 14.4. The van der Waals surface area contributed by atoms with Gasteiger partial charge >= 0.3 is 0 Å². The van der Waals surface area contributed by atoms with E-state index in [0.29, 0.717) is 12.8 Å². The van der Waals surface area contributed by atoms with Crippen LogP contribution in [0.3, 0.4) is 0 Å². The summed E-state index contributed by atoms with van der Waals surface area (Å²) in [6.07, 6.45) is 14.5. The number of Topliss-reactive ketones (excluding diaryl/α,β-unsaturated/α-hetero) is 2. The monoisotopic (exact) mass is 428 g/mol. The van der Waals surface area contributed by atoms with Gasteiger partial charge in [-0.2, -0.15) is 0 Å². The van der Waals surface area contributed by atoms with Gasteiger partial charge in [0, 0.05) is 18.8 Å². The van der Waals surface area contributed by atoms with Crippen LogP contribution in [0.2, 0.25) is 0 Å². The second kappa shape index (κ2) is 20.1. The summed E-state index contributed by atoms with van der Waals surface area (Å²) in [4.78, 5) is 24.8. The maximum Gasteiger partial charge on any atom is 0.164 e. The standard InChI is InChI=1S/C25H48O5/c1-3-5-7-8-9-10-11-12-13-14-16-17-21(22(27)18-15-6-4-2)19-23(28)25(30)24(29)20-26/h21,24-26,29-30H,3-20H2,1-2H3. The topological polar surface area (TPSA) is 94.8 Å². The molecule has 0 aliphatic heterocycles. The molecule has 5 nitrogen and oxygen atoms in total. The molecule has 0 aliphatic rings. The van der Waals surface area contributed by atoms with Crippen LogP contribution in [0.4, 0.5) is 0 Å². The number of hydrogen-bond donors (Lipinski definition) is 3. The van der Waals surface area contributed by atoms with E-state index in [1.165, 1.54) is 51.4 Å². The summed E-state index contributed by atoms with van der Waals surface area (Å²) in [5.74, 6) is -0.837. The molecule has 0 heterocycles. The van der Waals surface area contributed by atoms with Crippen LogP contribution in [-0.4, -0.2) is 45.7 Å². The lowest BCUT2D eigenvalue weighted by atomic mass is 9.87. The number of aliphatic hydroxyl groups excluding tert-OH is 3. The Hall–Kier alpha value is -0.780. The Bertz CT molecular complexity index is 424. The highest BCUT2D eigenvalue weighted by molar-refractivity contribution is 5.90. The van der Waals surface area contributed by atoms with Crippen LogP contribution < -0.4 is 0 Å². The van der Waals surface area contributed by atoms with Gasteiger partial charge in [-0.15, -0.1) is 0 Å². The lowest BCUT2D eigenvalue weighted by molar-refractivity contribution is -0.138. The Morgan fingerprint density at radius 1 is 0.667 bits per heavy atom. The first-order valence-electron chi connectivity index (χ1n) is 12.5. The average molecular weight is 429 g/mol. The lowest BCUT2D eigenvalue weighted by Gasteiger charge is -2.19. The molecule has 0 bridgehead atoms. The van der Waals surface area contributed by atoms with Gasteiger partial charge in [-0.1, -0.05) is 97.3 Å². The van der Waals surface area contributed by atoms with E-state index in [0.717, 1.165) is 38.5 Å². The fraction of sp³-hybridized carbons (Fsp3) is 0.920. The Morgan fingerprint density at radius 3 is 1.63 bits per heavy atom. The highest BCUT2D eigenvalue weighted by Crippen LogP contribution is 2.21. The molecule has 0 saturated carbocycles. The summed E-state index contributed by atoms with van der Waals surface area (Å²) in [6, 6.07) is 0.